The smallest absolute Gasteiger partial charge is 0.0398 e. The molecule has 0 saturated heterocycles. The van der Waals surface area contributed by atoms with Crippen molar-refractivity contribution < 1.29 is 0 Å². The first-order valence-corrected chi connectivity index (χ1v) is 7.23. The molecule has 0 amide bonds. The number of para-hydroxylation sites is 1. The van der Waals surface area contributed by atoms with Crippen LogP contribution >= 0.6 is 0 Å². The average molecular weight is 246 g/mol. The van der Waals surface area contributed by atoms with Gasteiger partial charge in [0.25, 0.3) is 0 Å². The zero-order valence-electron chi connectivity index (χ0n) is 11.9. The molecule has 0 fully saturated rings. The third kappa shape index (κ3) is 3.49. The molecule has 2 rings (SSSR count). The minimum atomic E-state index is 0.595. The summed E-state index contributed by atoms with van der Waals surface area (Å²) in [7, 11) is 0. The summed E-state index contributed by atoms with van der Waals surface area (Å²) in [6.45, 7) is 10.3. The number of nitrogens with one attached hydrogen (secondary N) is 1. The molecule has 1 aliphatic rings. The van der Waals surface area contributed by atoms with Gasteiger partial charge in [-0.15, -0.1) is 0 Å². The van der Waals surface area contributed by atoms with Gasteiger partial charge in [0.15, 0.2) is 0 Å². The molecule has 0 bridgehead atoms. The molecular formula is C16H26N2. The third-order valence-corrected chi connectivity index (χ3v) is 3.59. The Hall–Kier alpha value is -1.02. The first-order valence-electron chi connectivity index (χ1n) is 7.23. The maximum Gasteiger partial charge on any atom is 0.0398 e. The van der Waals surface area contributed by atoms with E-state index in [0.717, 1.165) is 12.5 Å². The highest BCUT2D eigenvalue weighted by Gasteiger charge is 2.20. The van der Waals surface area contributed by atoms with E-state index in [1.165, 1.54) is 37.2 Å². The molecule has 0 saturated carbocycles. The van der Waals surface area contributed by atoms with Crippen LogP contribution in [0.2, 0.25) is 0 Å². The molecule has 100 valence electrons. The SMILES string of the molecule is CC1Cc2ccccc2N(CCCNC(C)C)C1. The maximum atomic E-state index is 3.49. The highest BCUT2D eigenvalue weighted by Crippen LogP contribution is 2.29. The standard InChI is InChI=1S/C16H26N2/c1-13(2)17-9-6-10-18-12-14(3)11-15-7-4-5-8-16(15)18/h4-5,7-8,13-14,17H,6,9-12H2,1-3H3. The Morgan fingerprint density at radius 3 is 2.89 bits per heavy atom. The van der Waals surface area contributed by atoms with Crippen LogP contribution in [0.5, 0.6) is 0 Å². The fourth-order valence-electron chi connectivity index (χ4n) is 2.78. The van der Waals surface area contributed by atoms with Crippen molar-refractivity contribution in [2.45, 2.75) is 39.7 Å². The van der Waals surface area contributed by atoms with Gasteiger partial charge in [0, 0.05) is 24.8 Å². The Bertz CT molecular complexity index is 373. The Morgan fingerprint density at radius 2 is 2.11 bits per heavy atom. The van der Waals surface area contributed by atoms with Crippen molar-refractivity contribution >= 4 is 5.69 Å². The number of hydrogen-bond acceptors (Lipinski definition) is 2. The van der Waals surface area contributed by atoms with Crippen molar-refractivity contribution in [3.63, 3.8) is 0 Å². The Balaban J connectivity index is 1.92. The molecular weight excluding hydrogens is 220 g/mol. The first kappa shape index (κ1) is 13.4. The minimum Gasteiger partial charge on any atom is -0.371 e. The monoisotopic (exact) mass is 246 g/mol. The van der Waals surface area contributed by atoms with E-state index in [1.807, 2.05) is 0 Å². The summed E-state index contributed by atoms with van der Waals surface area (Å²) in [5, 5.41) is 3.49. The fourth-order valence-corrected chi connectivity index (χ4v) is 2.78. The second-order valence-corrected chi connectivity index (χ2v) is 5.85. The van der Waals surface area contributed by atoms with Crippen LogP contribution in [0, 0.1) is 5.92 Å². The summed E-state index contributed by atoms with van der Waals surface area (Å²) < 4.78 is 0. The zero-order chi connectivity index (χ0) is 13.0. The molecule has 1 N–H and O–H groups in total. The second-order valence-electron chi connectivity index (χ2n) is 5.85. The highest BCUT2D eigenvalue weighted by molar-refractivity contribution is 5.55. The number of benzene rings is 1. The van der Waals surface area contributed by atoms with Gasteiger partial charge in [0.2, 0.25) is 0 Å². The molecule has 1 unspecified atom stereocenters. The topological polar surface area (TPSA) is 15.3 Å². The Kier molecular flexibility index (Phi) is 4.65. The summed E-state index contributed by atoms with van der Waals surface area (Å²) in [5.74, 6) is 0.776. The van der Waals surface area contributed by atoms with Crippen LogP contribution < -0.4 is 10.2 Å². The Morgan fingerprint density at radius 1 is 1.33 bits per heavy atom. The van der Waals surface area contributed by atoms with Crippen molar-refractivity contribution in [2.24, 2.45) is 5.92 Å². The molecule has 1 heterocycles. The van der Waals surface area contributed by atoms with E-state index in [2.05, 4.69) is 55.3 Å². The van der Waals surface area contributed by atoms with E-state index in [0.29, 0.717) is 6.04 Å². The molecule has 1 aromatic rings. The molecule has 0 aromatic heterocycles. The van der Waals surface area contributed by atoms with E-state index >= 15 is 0 Å². The van der Waals surface area contributed by atoms with Gasteiger partial charge in [-0.2, -0.15) is 0 Å². The van der Waals surface area contributed by atoms with E-state index in [1.54, 1.807) is 0 Å². The largest absolute Gasteiger partial charge is 0.371 e. The number of hydrogen-bond donors (Lipinski definition) is 1. The number of nitrogens with zero attached hydrogens (tertiary/aromatic N) is 1. The quantitative estimate of drug-likeness (QED) is 0.803. The van der Waals surface area contributed by atoms with Crippen LogP contribution in [-0.2, 0) is 6.42 Å². The summed E-state index contributed by atoms with van der Waals surface area (Å²) in [6.07, 6.45) is 2.45. The summed E-state index contributed by atoms with van der Waals surface area (Å²) >= 11 is 0. The van der Waals surface area contributed by atoms with Gasteiger partial charge in [-0.05, 0) is 36.9 Å². The van der Waals surface area contributed by atoms with Crippen molar-refractivity contribution in [3.05, 3.63) is 29.8 Å². The molecule has 0 radical (unpaired) electrons. The van der Waals surface area contributed by atoms with Crippen molar-refractivity contribution in [3.8, 4) is 0 Å². The summed E-state index contributed by atoms with van der Waals surface area (Å²) in [6, 6.07) is 9.47. The van der Waals surface area contributed by atoms with E-state index < -0.39 is 0 Å². The van der Waals surface area contributed by atoms with Gasteiger partial charge in [-0.1, -0.05) is 39.0 Å². The normalized spacial score (nSPS) is 19.1. The predicted molar refractivity (Wildman–Crippen MR) is 79.3 cm³/mol. The van der Waals surface area contributed by atoms with Gasteiger partial charge in [0.1, 0.15) is 0 Å². The minimum absolute atomic E-state index is 0.595. The van der Waals surface area contributed by atoms with Crippen LogP contribution in [0.3, 0.4) is 0 Å². The van der Waals surface area contributed by atoms with E-state index in [9.17, 15) is 0 Å². The Labute approximate surface area is 111 Å². The molecule has 18 heavy (non-hydrogen) atoms. The molecule has 2 nitrogen and oxygen atoms in total. The van der Waals surface area contributed by atoms with Gasteiger partial charge >= 0.3 is 0 Å². The average Bonchev–Trinajstić information content (AvgIpc) is 2.34. The van der Waals surface area contributed by atoms with Crippen LogP contribution in [0.15, 0.2) is 24.3 Å². The van der Waals surface area contributed by atoms with Crippen LogP contribution in [0.25, 0.3) is 0 Å². The van der Waals surface area contributed by atoms with Gasteiger partial charge in [-0.25, -0.2) is 0 Å². The third-order valence-electron chi connectivity index (χ3n) is 3.59. The lowest BCUT2D eigenvalue weighted by molar-refractivity contribution is 0.511. The molecule has 0 spiro atoms. The molecule has 1 atom stereocenters. The molecule has 2 heteroatoms. The van der Waals surface area contributed by atoms with Gasteiger partial charge in [0.05, 0.1) is 0 Å². The van der Waals surface area contributed by atoms with Crippen molar-refractivity contribution in [1.82, 2.24) is 5.32 Å². The summed E-state index contributed by atoms with van der Waals surface area (Å²) in [5.41, 5.74) is 2.98. The first-order chi connectivity index (χ1) is 8.66. The van der Waals surface area contributed by atoms with Gasteiger partial charge in [-0.3, -0.25) is 0 Å². The van der Waals surface area contributed by atoms with Gasteiger partial charge < -0.3 is 10.2 Å². The van der Waals surface area contributed by atoms with E-state index in [-0.39, 0.29) is 0 Å². The number of fused-ring (bicyclic) bond motifs is 1. The number of rotatable bonds is 5. The second kappa shape index (κ2) is 6.24. The van der Waals surface area contributed by atoms with Crippen molar-refractivity contribution in [1.29, 1.82) is 0 Å². The molecule has 1 aliphatic heterocycles. The van der Waals surface area contributed by atoms with Crippen LogP contribution in [0.4, 0.5) is 5.69 Å². The van der Waals surface area contributed by atoms with E-state index in [4.69, 9.17) is 0 Å². The summed E-state index contributed by atoms with van der Waals surface area (Å²) in [4.78, 5) is 2.56. The lowest BCUT2D eigenvalue weighted by Crippen LogP contribution is -2.36. The lowest BCUT2D eigenvalue weighted by Gasteiger charge is -2.35. The number of anilines is 1. The lowest BCUT2D eigenvalue weighted by atomic mass is 9.94. The predicted octanol–water partition coefficient (Wildman–Crippen LogP) is 3.07. The molecule has 1 aromatic carbocycles. The van der Waals surface area contributed by atoms with Crippen molar-refractivity contribution in [2.75, 3.05) is 24.5 Å². The molecule has 0 aliphatic carbocycles. The highest BCUT2D eigenvalue weighted by atomic mass is 15.1. The van der Waals surface area contributed by atoms with Crippen LogP contribution in [0.1, 0.15) is 32.8 Å². The van der Waals surface area contributed by atoms with Crippen LogP contribution in [-0.4, -0.2) is 25.7 Å². The zero-order valence-corrected chi connectivity index (χ0v) is 11.9. The maximum absolute atomic E-state index is 3.49. The fraction of sp³-hybridized carbons (Fsp3) is 0.625.